The summed E-state index contributed by atoms with van der Waals surface area (Å²) in [5, 5.41) is 0.440. The first kappa shape index (κ1) is 16.0. The molecule has 0 aromatic heterocycles. The maximum atomic E-state index is 12.7. The lowest BCUT2D eigenvalue weighted by atomic mass is 10.0. The minimum Gasteiger partial charge on any atom is -0.468 e. The van der Waals surface area contributed by atoms with Gasteiger partial charge in [0.05, 0.1) is 12.0 Å². The van der Waals surface area contributed by atoms with E-state index in [1.54, 1.807) is 13.8 Å². The van der Waals surface area contributed by atoms with Gasteiger partial charge in [-0.3, -0.25) is 4.79 Å². The Morgan fingerprint density at radius 3 is 2.05 bits per heavy atom. The van der Waals surface area contributed by atoms with Crippen molar-refractivity contribution in [1.29, 1.82) is 0 Å². The maximum Gasteiger partial charge on any atom is 0.327 e. The topological polar surface area (TPSA) is 60.4 Å². The van der Waals surface area contributed by atoms with Crippen LogP contribution in [0.15, 0.2) is 29.2 Å². The summed E-state index contributed by atoms with van der Waals surface area (Å²) in [6, 6.07) is 5.78. The number of carbonyl (C=O) groups excluding carboxylic acids is 1. The molecule has 0 bridgehead atoms. The smallest absolute Gasteiger partial charge is 0.327 e. The molecule has 1 aromatic carbocycles. The van der Waals surface area contributed by atoms with Crippen molar-refractivity contribution in [3.05, 3.63) is 29.3 Å². The number of hydrogen-bond donors (Lipinski definition) is 0. The van der Waals surface area contributed by atoms with Crippen molar-refractivity contribution in [1.82, 2.24) is 0 Å². The van der Waals surface area contributed by atoms with E-state index >= 15 is 0 Å². The van der Waals surface area contributed by atoms with Gasteiger partial charge >= 0.3 is 5.97 Å². The normalized spacial score (nSPS) is 12.2. The van der Waals surface area contributed by atoms with Crippen molar-refractivity contribution >= 4 is 27.4 Å². The van der Waals surface area contributed by atoms with E-state index in [0.29, 0.717) is 5.02 Å². The van der Waals surface area contributed by atoms with Gasteiger partial charge in [-0.2, -0.15) is 0 Å². The highest BCUT2D eigenvalue weighted by Crippen LogP contribution is 2.33. The lowest BCUT2D eigenvalue weighted by molar-refractivity contribution is -0.144. The zero-order chi connectivity index (χ0) is 14.7. The predicted molar refractivity (Wildman–Crippen MR) is 74.0 cm³/mol. The summed E-state index contributed by atoms with van der Waals surface area (Å²) in [5.41, 5.74) is 0. The molecule has 0 fully saturated rings. The highest BCUT2D eigenvalue weighted by molar-refractivity contribution is 7.93. The fraction of sp³-hybridized carbons (Fsp3) is 0.462. The molecular weight excluding hydrogens is 288 g/mol. The monoisotopic (exact) mass is 304 g/mol. The Balaban J connectivity index is 3.44. The van der Waals surface area contributed by atoms with E-state index in [2.05, 4.69) is 4.74 Å². The molecule has 0 aliphatic heterocycles. The fourth-order valence-corrected chi connectivity index (χ4v) is 4.19. The molecule has 0 spiro atoms. The first-order chi connectivity index (χ1) is 8.85. The lowest BCUT2D eigenvalue weighted by Crippen LogP contribution is -2.46. The number of hydrogen-bond acceptors (Lipinski definition) is 4. The molecule has 1 aromatic rings. The van der Waals surface area contributed by atoms with Crippen LogP contribution < -0.4 is 0 Å². The quantitative estimate of drug-likeness (QED) is 0.785. The molecule has 0 saturated heterocycles. The number of benzene rings is 1. The number of rotatable bonds is 5. The van der Waals surface area contributed by atoms with Crippen molar-refractivity contribution in [2.75, 3.05) is 7.11 Å². The van der Waals surface area contributed by atoms with Gasteiger partial charge in [0.25, 0.3) is 0 Å². The summed E-state index contributed by atoms with van der Waals surface area (Å²) in [6.07, 6.45) is 0.308. The highest BCUT2D eigenvalue weighted by Gasteiger charge is 2.49. The van der Waals surface area contributed by atoms with Gasteiger partial charge in [-0.25, -0.2) is 8.42 Å². The first-order valence-corrected chi connectivity index (χ1v) is 7.80. The predicted octanol–water partition coefficient (Wildman–Crippen LogP) is 2.85. The van der Waals surface area contributed by atoms with Crippen LogP contribution in [0, 0.1) is 0 Å². The summed E-state index contributed by atoms with van der Waals surface area (Å²) in [5.74, 6) is -0.729. The van der Waals surface area contributed by atoms with E-state index < -0.39 is 20.6 Å². The third-order valence-electron chi connectivity index (χ3n) is 3.34. The number of esters is 1. The van der Waals surface area contributed by atoms with E-state index in [0.717, 1.165) is 0 Å². The van der Waals surface area contributed by atoms with Gasteiger partial charge in [0.2, 0.25) is 0 Å². The zero-order valence-electron chi connectivity index (χ0n) is 11.1. The second kappa shape index (κ2) is 5.92. The van der Waals surface area contributed by atoms with E-state index in [9.17, 15) is 13.2 Å². The van der Waals surface area contributed by atoms with Crippen LogP contribution in [0.2, 0.25) is 5.02 Å². The Morgan fingerprint density at radius 1 is 1.21 bits per heavy atom. The fourth-order valence-electron chi connectivity index (χ4n) is 2.05. The van der Waals surface area contributed by atoms with Crippen LogP contribution in [-0.4, -0.2) is 26.2 Å². The molecule has 0 atom stereocenters. The van der Waals surface area contributed by atoms with Crippen molar-refractivity contribution < 1.29 is 17.9 Å². The number of sulfone groups is 1. The zero-order valence-corrected chi connectivity index (χ0v) is 12.7. The lowest BCUT2D eigenvalue weighted by Gasteiger charge is -2.28. The van der Waals surface area contributed by atoms with Crippen LogP contribution in [0.25, 0.3) is 0 Å². The molecule has 0 unspecified atom stereocenters. The molecule has 0 heterocycles. The van der Waals surface area contributed by atoms with Gasteiger partial charge in [0, 0.05) is 5.02 Å². The van der Waals surface area contributed by atoms with Crippen molar-refractivity contribution in [3.8, 4) is 0 Å². The molecule has 106 valence electrons. The SMILES string of the molecule is CCC(CC)(C(=O)OC)S(=O)(=O)c1ccc(Cl)cc1. The number of methoxy groups -OCH3 is 1. The van der Waals surface area contributed by atoms with Crippen LogP contribution in [0.3, 0.4) is 0 Å². The van der Waals surface area contributed by atoms with Crippen molar-refractivity contribution in [2.45, 2.75) is 36.3 Å². The summed E-state index contributed by atoms with van der Waals surface area (Å²) in [4.78, 5) is 12.0. The second-order valence-corrected chi connectivity index (χ2v) is 6.85. The Labute approximate surface area is 118 Å². The van der Waals surface area contributed by atoms with Crippen molar-refractivity contribution in [3.63, 3.8) is 0 Å². The highest BCUT2D eigenvalue weighted by atomic mass is 35.5. The van der Waals surface area contributed by atoms with Crippen LogP contribution >= 0.6 is 11.6 Å². The number of ether oxygens (including phenoxy) is 1. The molecule has 0 saturated carbocycles. The summed E-state index contributed by atoms with van der Waals surface area (Å²) < 4.78 is 28.5. The van der Waals surface area contributed by atoms with Gasteiger partial charge in [0.1, 0.15) is 0 Å². The van der Waals surface area contributed by atoms with Gasteiger partial charge in [-0.05, 0) is 37.1 Å². The minimum atomic E-state index is -3.82. The van der Waals surface area contributed by atoms with Gasteiger partial charge in [-0.15, -0.1) is 0 Å². The number of halogens is 1. The second-order valence-electron chi connectivity index (χ2n) is 4.15. The Hall–Kier alpha value is -1.07. The standard InChI is InChI=1S/C13H17ClO4S/c1-4-13(5-2,12(15)18-3)19(16,17)11-8-6-10(14)7-9-11/h6-9H,4-5H2,1-3H3. The van der Waals surface area contributed by atoms with Crippen LogP contribution in [0.1, 0.15) is 26.7 Å². The summed E-state index contributed by atoms with van der Waals surface area (Å²) in [6.45, 7) is 3.32. The number of carbonyl (C=O) groups is 1. The molecule has 6 heteroatoms. The molecule has 0 aliphatic rings. The van der Waals surface area contributed by atoms with Gasteiger partial charge in [-0.1, -0.05) is 25.4 Å². The molecule has 0 N–H and O–H groups in total. The van der Waals surface area contributed by atoms with E-state index in [-0.39, 0.29) is 17.7 Å². The Kier molecular flexibility index (Phi) is 4.98. The van der Waals surface area contributed by atoms with E-state index in [1.165, 1.54) is 31.4 Å². The average Bonchev–Trinajstić information content (AvgIpc) is 2.40. The molecule has 0 radical (unpaired) electrons. The Bertz CT molecular complexity index is 545. The van der Waals surface area contributed by atoms with Crippen LogP contribution in [0.4, 0.5) is 0 Å². The summed E-state index contributed by atoms with van der Waals surface area (Å²) >= 11 is 5.75. The van der Waals surface area contributed by atoms with Gasteiger partial charge < -0.3 is 4.74 Å². The third-order valence-corrected chi connectivity index (χ3v) is 6.26. The molecule has 4 nitrogen and oxygen atoms in total. The van der Waals surface area contributed by atoms with Gasteiger partial charge in [0.15, 0.2) is 14.6 Å². The molecule has 19 heavy (non-hydrogen) atoms. The van der Waals surface area contributed by atoms with Crippen LogP contribution in [-0.2, 0) is 19.4 Å². The molecule has 1 rings (SSSR count). The van der Waals surface area contributed by atoms with Crippen LogP contribution in [0.5, 0.6) is 0 Å². The summed E-state index contributed by atoms with van der Waals surface area (Å²) in [7, 11) is -2.63. The maximum absolute atomic E-state index is 12.7. The average molecular weight is 305 g/mol. The largest absolute Gasteiger partial charge is 0.468 e. The van der Waals surface area contributed by atoms with E-state index in [1.807, 2.05) is 0 Å². The van der Waals surface area contributed by atoms with E-state index in [4.69, 9.17) is 11.6 Å². The first-order valence-electron chi connectivity index (χ1n) is 5.94. The van der Waals surface area contributed by atoms with Crippen molar-refractivity contribution in [2.24, 2.45) is 0 Å². The minimum absolute atomic E-state index is 0.0750. The third kappa shape index (κ3) is 2.62. The molecule has 0 aliphatic carbocycles. The molecular formula is C13H17ClO4S. The Morgan fingerprint density at radius 2 is 1.68 bits per heavy atom. The molecule has 0 amide bonds.